The Balaban J connectivity index is 3.29. The summed E-state index contributed by atoms with van der Waals surface area (Å²) in [6.45, 7) is 0.201. The first-order chi connectivity index (χ1) is 7.54. The van der Waals surface area contributed by atoms with Crippen molar-refractivity contribution in [3.05, 3.63) is 28.8 Å². The van der Waals surface area contributed by atoms with E-state index in [0.717, 1.165) is 0 Å². The molecule has 0 heterocycles. The summed E-state index contributed by atoms with van der Waals surface area (Å²) >= 11 is 0.628. The minimum atomic E-state index is -1.33. The van der Waals surface area contributed by atoms with Crippen molar-refractivity contribution in [1.29, 1.82) is 0 Å². The van der Waals surface area contributed by atoms with Crippen molar-refractivity contribution >= 4 is 11.8 Å². The van der Waals surface area contributed by atoms with Gasteiger partial charge >= 0.3 is 0 Å². The molecule has 0 saturated heterocycles. The van der Waals surface area contributed by atoms with E-state index in [2.05, 4.69) is 0 Å². The molecule has 0 aliphatic carbocycles. The van der Waals surface area contributed by atoms with E-state index in [0.29, 0.717) is 11.8 Å². The van der Waals surface area contributed by atoms with Crippen molar-refractivity contribution in [2.45, 2.75) is 17.7 Å². The summed E-state index contributed by atoms with van der Waals surface area (Å²) in [5.41, 5.74) is 4.60. The van der Waals surface area contributed by atoms with Crippen molar-refractivity contribution in [1.82, 2.24) is 0 Å². The van der Waals surface area contributed by atoms with Crippen molar-refractivity contribution in [3.63, 3.8) is 0 Å². The van der Waals surface area contributed by atoms with Gasteiger partial charge in [0.2, 0.25) is 0 Å². The highest BCUT2D eigenvalue weighted by molar-refractivity contribution is 7.98. The van der Waals surface area contributed by atoms with Gasteiger partial charge in [-0.25, -0.2) is 17.6 Å². The van der Waals surface area contributed by atoms with E-state index in [1.165, 1.54) is 6.26 Å². The quantitative estimate of drug-likeness (QED) is 0.507. The molecule has 0 aliphatic rings. The Labute approximate surface area is 95.0 Å². The number of thioether (sulfide) groups is 1. The fourth-order valence-electron chi connectivity index (χ4n) is 1.33. The van der Waals surface area contributed by atoms with Crippen LogP contribution in [0.3, 0.4) is 0 Å². The molecule has 90 valence electrons. The van der Waals surface area contributed by atoms with Crippen LogP contribution < -0.4 is 5.73 Å². The number of hydrogen-bond donors (Lipinski definition) is 1. The molecule has 0 aromatic heterocycles. The number of rotatable bonds is 4. The van der Waals surface area contributed by atoms with Crippen LogP contribution >= 0.6 is 11.8 Å². The third-order valence-electron chi connectivity index (χ3n) is 2.15. The standard InChI is InChI=1S/C10H11F4NS/c1-16-10-8(13)6(11)5(3-2-4-15)7(12)9(10)14/h2-4,15H2,1H3. The van der Waals surface area contributed by atoms with Gasteiger partial charge < -0.3 is 5.73 Å². The van der Waals surface area contributed by atoms with Crippen molar-refractivity contribution in [2.24, 2.45) is 5.73 Å². The third kappa shape index (κ3) is 2.32. The summed E-state index contributed by atoms with van der Waals surface area (Å²) in [5, 5.41) is 0. The monoisotopic (exact) mass is 253 g/mol. The highest BCUT2D eigenvalue weighted by Crippen LogP contribution is 2.30. The lowest BCUT2D eigenvalue weighted by atomic mass is 10.1. The van der Waals surface area contributed by atoms with Crippen molar-refractivity contribution in [2.75, 3.05) is 12.8 Å². The average Bonchev–Trinajstić information content (AvgIpc) is 2.27. The molecule has 0 amide bonds. The van der Waals surface area contributed by atoms with E-state index < -0.39 is 33.7 Å². The molecule has 0 spiro atoms. The Morgan fingerprint density at radius 1 is 1.00 bits per heavy atom. The van der Waals surface area contributed by atoms with E-state index in [4.69, 9.17) is 5.73 Å². The second-order valence-electron chi connectivity index (χ2n) is 3.16. The zero-order chi connectivity index (χ0) is 12.3. The molecule has 0 bridgehead atoms. The highest BCUT2D eigenvalue weighted by atomic mass is 32.2. The molecule has 2 N–H and O–H groups in total. The van der Waals surface area contributed by atoms with Crippen LogP contribution in [0.2, 0.25) is 0 Å². The Hall–Kier alpha value is -0.750. The average molecular weight is 253 g/mol. The first kappa shape index (κ1) is 13.3. The van der Waals surface area contributed by atoms with Gasteiger partial charge in [-0.15, -0.1) is 11.8 Å². The first-order valence-corrected chi connectivity index (χ1v) is 5.85. The molecule has 0 aliphatic heterocycles. The number of benzene rings is 1. The number of hydrogen-bond acceptors (Lipinski definition) is 2. The SMILES string of the molecule is CSc1c(F)c(F)c(CCCN)c(F)c1F. The molecule has 1 nitrogen and oxygen atoms in total. The summed E-state index contributed by atoms with van der Waals surface area (Å²) < 4.78 is 53.3. The minimum Gasteiger partial charge on any atom is -0.330 e. The zero-order valence-electron chi connectivity index (χ0n) is 8.62. The predicted molar refractivity (Wildman–Crippen MR) is 55.4 cm³/mol. The molecule has 0 unspecified atom stereocenters. The van der Waals surface area contributed by atoms with Crippen LogP contribution in [0.15, 0.2) is 4.90 Å². The van der Waals surface area contributed by atoms with E-state index >= 15 is 0 Å². The van der Waals surface area contributed by atoms with Gasteiger partial charge in [-0.1, -0.05) is 0 Å². The third-order valence-corrected chi connectivity index (χ3v) is 2.92. The van der Waals surface area contributed by atoms with Crippen LogP contribution in [0.5, 0.6) is 0 Å². The van der Waals surface area contributed by atoms with Gasteiger partial charge in [0, 0.05) is 5.56 Å². The summed E-state index contributed by atoms with van der Waals surface area (Å²) in [5.74, 6) is -5.31. The van der Waals surface area contributed by atoms with Crippen LogP contribution in [0, 0.1) is 23.3 Å². The molecule has 1 rings (SSSR count). The second kappa shape index (κ2) is 5.54. The second-order valence-corrected chi connectivity index (χ2v) is 3.98. The Morgan fingerprint density at radius 3 is 1.88 bits per heavy atom. The maximum absolute atomic E-state index is 13.4. The van der Waals surface area contributed by atoms with Gasteiger partial charge in [0.15, 0.2) is 23.3 Å². The van der Waals surface area contributed by atoms with Crippen molar-refractivity contribution in [3.8, 4) is 0 Å². The Morgan fingerprint density at radius 2 is 1.50 bits per heavy atom. The summed E-state index contributed by atoms with van der Waals surface area (Å²) in [7, 11) is 0. The van der Waals surface area contributed by atoms with Gasteiger partial charge in [-0.2, -0.15) is 0 Å². The van der Waals surface area contributed by atoms with Crippen LogP contribution in [0.1, 0.15) is 12.0 Å². The van der Waals surface area contributed by atoms with E-state index in [9.17, 15) is 17.6 Å². The Kier molecular flexibility index (Phi) is 4.61. The van der Waals surface area contributed by atoms with Gasteiger partial charge in [-0.05, 0) is 25.6 Å². The lowest BCUT2D eigenvalue weighted by molar-refractivity contribution is 0.412. The van der Waals surface area contributed by atoms with E-state index in [1.54, 1.807) is 0 Å². The van der Waals surface area contributed by atoms with E-state index in [-0.39, 0.29) is 19.4 Å². The molecular formula is C10H11F4NS. The van der Waals surface area contributed by atoms with Gasteiger partial charge in [0.05, 0.1) is 4.90 Å². The fraction of sp³-hybridized carbons (Fsp3) is 0.400. The van der Waals surface area contributed by atoms with Crippen LogP contribution in [-0.4, -0.2) is 12.8 Å². The molecular weight excluding hydrogens is 242 g/mol. The van der Waals surface area contributed by atoms with Gasteiger partial charge in [0.25, 0.3) is 0 Å². The topological polar surface area (TPSA) is 26.0 Å². The first-order valence-electron chi connectivity index (χ1n) is 4.63. The maximum Gasteiger partial charge on any atom is 0.175 e. The number of nitrogens with two attached hydrogens (primary N) is 1. The molecule has 16 heavy (non-hydrogen) atoms. The molecule has 0 atom stereocenters. The summed E-state index contributed by atoms with van der Waals surface area (Å²) in [6.07, 6.45) is 1.50. The predicted octanol–water partition coefficient (Wildman–Crippen LogP) is 2.86. The molecule has 0 fully saturated rings. The lowest BCUT2D eigenvalue weighted by Crippen LogP contribution is -2.08. The molecule has 0 saturated carbocycles. The van der Waals surface area contributed by atoms with Crippen LogP contribution in [0.25, 0.3) is 0 Å². The zero-order valence-corrected chi connectivity index (χ0v) is 9.44. The number of halogens is 4. The molecule has 6 heteroatoms. The van der Waals surface area contributed by atoms with E-state index in [1.807, 2.05) is 0 Å². The lowest BCUT2D eigenvalue weighted by Gasteiger charge is -2.09. The highest BCUT2D eigenvalue weighted by Gasteiger charge is 2.24. The van der Waals surface area contributed by atoms with Crippen molar-refractivity contribution < 1.29 is 17.6 Å². The molecule has 1 aromatic rings. The molecule has 1 aromatic carbocycles. The van der Waals surface area contributed by atoms with Gasteiger partial charge in [-0.3, -0.25) is 0 Å². The van der Waals surface area contributed by atoms with Crippen LogP contribution in [0.4, 0.5) is 17.6 Å². The Bertz CT molecular complexity index is 366. The van der Waals surface area contributed by atoms with Crippen LogP contribution in [-0.2, 0) is 6.42 Å². The summed E-state index contributed by atoms with van der Waals surface area (Å²) in [4.78, 5) is -0.633. The molecule has 0 radical (unpaired) electrons. The minimum absolute atomic E-state index is 0.114. The fourth-order valence-corrected chi connectivity index (χ4v) is 1.87. The largest absolute Gasteiger partial charge is 0.330 e. The smallest absolute Gasteiger partial charge is 0.175 e. The normalized spacial score (nSPS) is 10.9. The summed E-state index contributed by atoms with van der Waals surface area (Å²) in [6, 6.07) is 0. The maximum atomic E-state index is 13.4. The van der Waals surface area contributed by atoms with Gasteiger partial charge in [0.1, 0.15) is 0 Å².